The van der Waals surface area contributed by atoms with Crippen LogP contribution in [0.3, 0.4) is 0 Å². The molecule has 1 heterocycles. The fourth-order valence-corrected chi connectivity index (χ4v) is 2.55. The van der Waals surface area contributed by atoms with Gasteiger partial charge in [-0.3, -0.25) is 9.36 Å². The predicted molar refractivity (Wildman–Crippen MR) is 85.9 cm³/mol. The molecular formula is C18H15NO3. The minimum atomic E-state index is -1.05. The molecule has 1 N–H and O–H groups in total. The number of aryl methyl sites for hydroxylation is 1. The number of aromatic nitrogens is 1. The quantitative estimate of drug-likeness (QED) is 0.806. The van der Waals surface area contributed by atoms with Crippen molar-refractivity contribution >= 4 is 16.7 Å². The van der Waals surface area contributed by atoms with Crippen molar-refractivity contribution in [2.45, 2.75) is 13.3 Å². The van der Waals surface area contributed by atoms with Crippen LogP contribution in [0, 0.1) is 0 Å². The Morgan fingerprint density at radius 1 is 1.05 bits per heavy atom. The molecule has 3 rings (SSSR count). The second kappa shape index (κ2) is 5.48. The van der Waals surface area contributed by atoms with Crippen LogP contribution in [-0.2, 0) is 6.42 Å². The van der Waals surface area contributed by atoms with E-state index in [0.717, 1.165) is 12.0 Å². The lowest BCUT2D eigenvalue weighted by Crippen LogP contribution is -2.20. The van der Waals surface area contributed by atoms with Crippen molar-refractivity contribution in [3.63, 3.8) is 0 Å². The molecule has 0 saturated heterocycles. The summed E-state index contributed by atoms with van der Waals surface area (Å²) in [6.07, 6.45) is 2.31. The van der Waals surface area contributed by atoms with Gasteiger partial charge in [-0.05, 0) is 30.2 Å². The molecule has 1 aromatic heterocycles. The number of hydrogen-bond acceptors (Lipinski definition) is 2. The zero-order valence-corrected chi connectivity index (χ0v) is 12.1. The van der Waals surface area contributed by atoms with Crippen LogP contribution in [0.5, 0.6) is 0 Å². The molecule has 0 saturated carbocycles. The maximum atomic E-state index is 12.6. The molecule has 0 radical (unpaired) electrons. The molecular weight excluding hydrogens is 278 g/mol. The van der Waals surface area contributed by atoms with Gasteiger partial charge in [-0.1, -0.05) is 37.3 Å². The van der Waals surface area contributed by atoms with E-state index in [0.29, 0.717) is 16.5 Å². The molecule has 0 aliphatic carbocycles. The Bertz CT molecular complexity index is 908. The van der Waals surface area contributed by atoms with Gasteiger partial charge >= 0.3 is 5.97 Å². The van der Waals surface area contributed by atoms with Crippen molar-refractivity contribution in [1.29, 1.82) is 0 Å². The number of carbonyl (C=O) groups is 1. The number of pyridine rings is 1. The van der Waals surface area contributed by atoms with E-state index in [1.807, 2.05) is 24.3 Å². The third kappa shape index (κ3) is 2.29. The van der Waals surface area contributed by atoms with Crippen LogP contribution in [0.25, 0.3) is 16.5 Å². The first-order valence-electron chi connectivity index (χ1n) is 7.09. The third-order valence-electron chi connectivity index (χ3n) is 3.78. The van der Waals surface area contributed by atoms with E-state index >= 15 is 0 Å². The topological polar surface area (TPSA) is 59.3 Å². The first kappa shape index (κ1) is 14.1. The zero-order valence-electron chi connectivity index (χ0n) is 12.1. The Labute approximate surface area is 127 Å². The van der Waals surface area contributed by atoms with Crippen LogP contribution in [0.1, 0.15) is 22.8 Å². The maximum absolute atomic E-state index is 12.6. The monoisotopic (exact) mass is 293 g/mol. The molecule has 0 bridgehead atoms. The summed E-state index contributed by atoms with van der Waals surface area (Å²) >= 11 is 0. The molecule has 22 heavy (non-hydrogen) atoms. The Balaban J connectivity index is 2.31. The lowest BCUT2D eigenvalue weighted by molar-refractivity contribution is 0.0698. The van der Waals surface area contributed by atoms with Gasteiger partial charge in [0.15, 0.2) is 0 Å². The number of carboxylic acids is 1. The molecule has 0 spiro atoms. The van der Waals surface area contributed by atoms with Crippen LogP contribution < -0.4 is 5.56 Å². The average molecular weight is 293 g/mol. The number of carboxylic acid groups (broad SMARTS) is 1. The summed E-state index contributed by atoms with van der Waals surface area (Å²) in [6, 6.07) is 14.3. The Morgan fingerprint density at radius 3 is 2.27 bits per heavy atom. The Morgan fingerprint density at radius 2 is 1.68 bits per heavy atom. The van der Waals surface area contributed by atoms with Gasteiger partial charge in [0.05, 0.1) is 5.56 Å². The minimum Gasteiger partial charge on any atom is -0.478 e. The molecule has 4 nitrogen and oxygen atoms in total. The van der Waals surface area contributed by atoms with Crippen LogP contribution in [0.15, 0.2) is 59.5 Å². The summed E-state index contributed by atoms with van der Waals surface area (Å²) in [5.41, 5.74) is 1.73. The molecule has 0 unspecified atom stereocenters. The standard InChI is InChI=1S/C18H15NO3/c1-2-12-7-9-13(10-8-12)19-11-16(18(21)22)14-5-3-4-6-15(14)17(19)20/h3-11H,2H2,1H3,(H,21,22). The van der Waals surface area contributed by atoms with E-state index in [9.17, 15) is 14.7 Å². The van der Waals surface area contributed by atoms with Gasteiger partial charge in [0.1, 0.15) is 0 Å². The molecule has 0 aliphatic rings. The number of rotatable bonds is 3. The number of nitrogens with zero attached hydrogens (tertiary/aromatic N) is 1. The van der Waals surface area contributed by atoms with Crippen molar-refractivity contribution in [3.05, 3.63) is 76.2 Å². The van der Waals surface area contributed by atoms with E-state index in [1.165, 1.54) is 10.8 Å². The molecule has 2 aromatic carbocycles. The van der Waals surface area contributed by atoms with E-state index in [1.54, 1.807) is 24.3 Å². The highest BCUT2D eigenvalue weighted by molar-refractivity contribution is 6.03. The first-order chi connectivity index (χ1) is 10.6. The minimum absolute atomic E-state index is 0.120. The number of fused-ring (bicyclic) bond motifs is 1. The lowest BCUT2D eigenvalue weighted by atomic mass is 10.1. The summed E-state index contributed by atoms with van der Waals surface area (Å²) in [5, 5.41) is 10.3. The summed E-state index contributed by atoms with van der Waals surface area (Å²) in [6.45, 7) is 2.06. The second-order valence-electron chi connectivity index (χ2n) is 5.09. The number of benzene rings is 2. The van der Waals surface area contributed by atoms with Crippen molar-refractivity contribution in [3.8, 4) is 5.69 Å². The van der Waals surface area contributed by atoms with Crippen LogP contribution in [0.4, 0.5) is 0 Å². The molecule has 3 aromatic rings. The molecule has 0 atom stereocenters. The number of hydrogen-bond donors (Lipinski definition) is 1. The largest absolute Gasteiger partial charge is 0.478 e. The lowest BCUT2D eigenvalue weighted by Gasteiger charge is -2.10. The highest BCUT2D eigenvalue weighted by atomic mass is 16.4. The van der Waals surface area contributed by atoms with Gasteiger partial charge in [-0.25, -0.2) is 4.79 Å². The Hall–Kier alpha value is -2.88. The SMILES string of the molecule is CCc1ccc(-n2cc(C(=O)O)c3ccccc3c2=O)cc1. The average Bonchev–Trinajstić information content (AvgIpc) is 2.55. The van der Waals surface area contributed by atoms with E-state index in [2.05, 4.69) is 6.92 Å². The van der Waals surface area contributed by atoms with Crippen LogP contribution in [-0.4, -0.2) is 15.6 Å². The summed E-state index contributed by atoms with van der Waals surface area (Å²) in [5.74, 6) is -1.05. The van der Waals surface area contributed by atoms with E-state index in [-0.39, 0.29) is 11.1 Å². The van der Waals surface area contributed by atoms with Crippen molar-refractivity contribution < 1.29 is 9.90 Å². The van der Waals surface area contributed by atoms with Crippen molar-refractivity contribution in [2.24, 2.45) is 0 Å². The normalized spacial score (nSPS) is 10.8. The molecule has 110 valence electrons. The van der Waals surface area contributed by atoms with E-state index < -0.39 is 5.97 Å². The highest BCUT2D eigenvalue weighted by Gasteiger charge is 2.14. The predicted octanol–water partition coefficient (Wildman–Crippen LogP) is 3.25. The first-order valence-corrected chi connectivity index (χ1v) is 7.09. The smallest absolute Gasteiger partial charge is 0.337 e. The van der Waals surface area contributed by atoms with Gasteiger partial charge < -0.3 is 5.11 Å². The summed E-state index contributed by atoms with van der Waals surface area (Å²) in [7, 11) is 0. The van der Waals surface area contributed by atoms with Crippen molar-refractivity contribution in [2.75, 3.05) is 0 Å². The fourth-order valence-electron chi connectivity index (χ4n) is 2.55. The molecule has 0 fully saturated rings. The van der Waals surface area contributed by atoms with E-state index in [4.69, 9.17) is 0 Å². The van der Waals surface area contributed by atoms with Gasteiger partial charge in [-0.15, -0.1) is 0 Å². The molecule has 4 heteroatoms. The second-order valence-corrected chi connectivity index (χ2v) is 5.09. The van der Waals surface area contributed by atoms with Crippen LogP contribution >= 0.6 is 0 Å². The van der Waals surface area contributed by atoms with Crippen molar-refractivity contribution in [1.82, 2.24) is 4.57 Å². The molecule has 0 amide bonds. The zero-order chi connectivity index (χ0) is 15.7. The fraction of sp³-hybridized carbons (Fsp3) is 0.111. The summed E-state index contributed by atoms with van der Waals surface area (Å²) in [4.78, 5) is 24.1. The van der Waals surface area contributed by atoms with Gasteiger partial charge in [0.25, 0.3) is 5.56 Å². The van der Waals surface area contributed by atoms with Crippen LogP contribution in [0.2, 0.25) is 0 Å². The third-order valence-corrected chi connectivity index (χ3v) is 3.78. The van der Waals surface area contributed by atoms with Gasteiger partial charge in [-0.2, -0.15) is 0 Å². The van der Waals surface area contributed by atoms with Gasteiger partial charge in [0, 0.05) is 22.7 Å². The number of aromatic carboxylic acids is 1. The maximum Gasteiger partial charge on any atom is 0.337 e. The molecule has 0 aliphatic heterocycles. The van der Waals surface area contributed by atoms with Gasteiger partial charge in [0.2, 0.25) is 0 Å². The Kier molecular flexibility index (Phi) is 3.51. The highest BCUT2D eigenvalue weighted by Crippen LogP contribution is 2.18. The summed E-state index contributed by atoms with van der Waals surface area (Å²) < 4.78 is 1.39.